The molecule has 1 atom stereocenters. The van der Waals surface area contributed by atoms with Gasteiger partial charge < -0.3 is 20.1 Å². The maximum Gasteiger partial charge on any atom is 0.378 e. The van der Waals surface area contributed by atoms with E-state index in [9.17, 15) is 24.3 Å². The predicted octanol–water partition coefficient (Wildman–Crippen LogP) is -0.142. The molecule has 2 N–H and O–H groups in total. The van der Waals surface area contributed by atoms with Crippen LogP contribution in [0.25, 0.3) is 0 Å². The SMILES string of the molecule is CC(=O)C(Oc1ccccc1)(C(=O)O)N1CC(=O)N(C2CCNCC2)CC1=O. The molecule has 28 heavy (non-hydrogen) atoms. The van der Waals surface area contributed by atoms with Crippen LogP contribution in [0.2, 0.25) is 0 Å². The normalized spacial score (nSPS) is 20.6. The summed E-state index contributed by atoms with van der Waals surface area (Å²) in [5.41, 5.74) is -2.59. The van der Waals surface area contributed by atoms with E-state index in [2.05, 4.69) is 5.32 Å². The van der Waals surface area contributed by atoms with Gasteiger partial charge in [-0.3, -0.25) is 19.3 Å². The molecule has 150 valence electrons. The summed E-state index contributed by atoms with van der Waals surface area (Å²) in [7, 11) is 0. The molecule has 0 spiro atoms. The van der Waals surface area contributed by atoms with Crippen molar-refractivity contribution in [2.24, 2.45) is 0 Å². The second-order valence-corrected chi connectivity index (χ2v) is 6.90. The number of hydrogen-bond donors (Lipinski definition) is 2. The number of para-hydroxylation sites is 1. The first-order valence-corrected chi connectivity index (χ1v) is 9.15. The van der Waals surface area contributed by atoms with E-state index < -0.39 is 35.8 Å². The molecular weight excluding hydrogens is 366 g/mol. The first-order valence-electron chi connectivity index (χ1n) is 9.15. The number of carboxylic acid groups (broad SMARTS) is 1. The summed E-state index contributed by atoms with van der Waals surface area (Å²) in [5, 5.41) is 13.0. The number of rotatable bonds is 6. The van der Waals surface area contributed by atoms with E-state index >= 15 is 0 Å². The lowest BCUT2D eigenvalue weighted by Gasteiger charge is -2.44. The molecule has 0 aromatic heterocycles. The first kappa shape index (κ1) is 19.8. The van der Waals surface area contributed by atoms with Crippen LogP contribution in [0.3, 0.4) is 0 Å². The molecular formula is C19H23N3O6. The fourth-order valence-corrected chi connectivity index (χ4v) is 3.66. The van der Waals surface area contributed by atoms with Gasteiger partial charge in [0.25, 0.3) is 0 Å². The summed E-state index contributed by atoms with van der Waals surface area (Å²) in [5.74, 6) is -3.44. The summed E-state index contributed by atoms with van der Waals surface area (Å²) < 4.78 is 5.54. The summed E-state index contributed by atoms with van der Waals surface area (Å²) in [6.45, 7) is 1.73. The van der Waals surface area contributed by atoms with Crippen LogP contribution >= 0.6 is 0 Å². The number of piperidine rings is 1. The minimum Gasteiger partial charge on any atom is -0.476 e. The molecule has 2 fully saturated rings. The van der Waals surface area contributed by atoms with Gasteiger partial charge in [0.15, 0.2) is 0 Å². The quantitative estimate of drug-likeness (QED) is 0.651. The molecule has 0 saturated carbocycles. The van der Waals surface area contributed by atoms with Gasteiger partial charge in [0.1, 0.15) is 18.8 Å². The highest BCUT2D eigenvalue weighted by Crippen LogP contribution is 2.27. The smallest absolute Gasteiger partial charge is 0.378 e. The van der Waals surface area contributed by atoms with E-state index in [1.54, 1.807) is 18.2 Å². The number of carboxylic acids is 1. The highest BCUT2D eigenvalue weighted by Gasteiger charge is 2.57. The van der Waals surface area contributed by atoms with Gasteiger partial charge >= 0.3 is 11.7 Å². The van der Waals surface area contributed by atoms with Crippen molar-refractivity contribution in [1.82, 2.24) is 15.1 Å². The van der Waals surface area contributed by atoms with Crippen molar-refractivity contribution >= 4 is 23.6 Å². The highest BCUT2D eigenvalue weighted by atomic mass is 16.6. The monoisotopic (exact) mass is 389 g/mol. The zero-order valence-electron chi connectivity index (χ0n) is 15.6. The van der Waals surface area contributed by atoms with Crippen molar-refractivity contribution in [2.75, 3.05) is 26.2 Å². The molecule has 1 aromatic rings. The standard InChI is InChI=1S/C19H23N3O6/c1-13(23)19(18(26)27,28-15-5-3-2-4-6-15)22-12-16(24)21(11-17(22)25)14-7-9-20-10-8-14/h2-6,14,20H,7-12H2,1H3,(H,26,27). The third-order valence-electron chi connectivity index (χ3n) is 5.13. The highest BCUT2D eigenvalue weighted by molar-refractivity contribution is 6.09. The number of piperazine rings is 1. The lowest BCUT2D eigenvalue weighted by molar-refractivity contribution is -0.191. The molecule has 0 aliphatic carbocycles. The number of carbonyl (C=O) groups is 4. The zero-order valence-corrected chi connectivity index (χ0v) is 15.6. The van der Waals surface area contributed by atoms with E-state index in [1.165, 1.54) is 17.0 Å². The molecule has 1 aromatic carbocycles. The van der Waals surface area contributed by atoms with Crippen molar-refractivity contribution in [1.29, 1.82) is 0 Å². The summed E-state index contributed by atoms with van der Waals surface area (Å²) in [6, 6.07) is 7.83. The van der Waals surface area contributed by atoms with E-state index in [-0.39, 0.29) is 18.3 Å². The number of ether oxygens (including phenoxy) is 1. The number of carbonyl (C=O) groups excluding carboxylic acids is 3. The molecule has 2 amide bonds. The summed E-state index contributed by atoms with van der Waals surface area (Å²) in [4.78, 5) is 52.4. The minimum absolute atomic E-state index is 0.0774. The Kier molecular flexibility index (Phi) is 5.64. The van der Waals surface area contributed by atoms with Crippen molar-refractivity contribution in [3.8, 4) is 5.75 Å². The van der Waals surface area contributed by atoms with Gasteiger partial charge in [0, 0.05) is 13.0 Å². The second kappa shape index (κ2) is 7.97. The van der Waals surface area contributed by atoms with Crippen LogP contribution in [0, 0.1) is 0 Å². The molecule has 9 heteroatoms. The molecule has 0 radical (unpaired) electrons. The topological polar surface area (TPSA) is 116 Å². The van der Waals surface area contributed by atoms with Gasteiger partial charge in [-0.15, -0.1) is 0 Å². The van der Waals surface area contributed by atoms with E-state index in [0.29, 0.717) is 0 Å². The molecule has 9 nitrogen and oxygen atoms in total. The number of nitrogens with zero attached hydrogens (tertiary/aromatic N) is 2. The van der Waals surface area contributed by atoms with Crippen molar-refractivity contribution in [3.05, 3.63) is 30.3 Å². The summed E-state index contributed by atoms with van der Waals surface area (Å²) in [6.07, 6.45) is 1.44. The number of ketones is 1. The Balaban J connectivity index is 1.90. The number of nitrogens with one attached hydrogen (secondary N) is 1. The fourth-order valence-electron chi connectivity index (χ4n) is 3.66. The minimum atomic E-state index is -2.59. The Morgan fingerprint density at radius 3 is 2.32 bits per heavy atom. The van der Waals surface area contributed by atoms with Gasteiger partial charge in [0.2, 0.25) is 17.6 Å². The molecule has 3 rings (SSSR count). The van der Waals surface area contributed by atoms with E-state index in [1.807, 2.05) is 0 Å². The second-order valence-electron chi connectivity index (χ2n) is 6.90. The van der Waals surface area contributed by atoms with Gasteiger partial charge in [-0.1, -0.05) is 18.2 Å². The maximum absolute atomic E-state index is 12.9. The van der Waals surface area contributed by atoms with Gasteiger partial charge in [-0.05, 0) is 38.1 Å². The van der Waals surface area contributed by atoms with Crippen LogP contribution in [0.1, 0.15) is 19.8 Å². The third-order valence-corrected chi connectivity index (χ3v) is 5.13. The number of hydrogen-bond acceptors (Lipinski definition) is 6. The maximum atomic E-state index is 12.9. The molecule has 2 heterocycles. The number of aliphatic carboxylic acids is 1. The van der Waals surface area contributed by atoms with Crippen molar-refractivity contribution in [3.63, 3.8) is 0 Å². The van der Waals surface area contributed by atoms with Crippen molar-refractivity contribution in [2.45, 2.75) is 31.5 Å². The lowest BCUT2D eigenvalue weighted by atomic mass is 10.0. The number of benzene rings is 1. The summed E-state index contributed by atoms with van der Waals surface area (Å²) >= 11 is 0. The number of amides is 2. The van der Waals surface area contributed by atoms with Crippen LogP contribution in [0.15, 0.2) is 30.3 Å². The first-order chi connectivity index (χ1) is 13.4. The predicted molar refractivity (Wildman–Crippen MR) is 97.4 cm³/mol. The van der Waals surface area contributed by atoms with Crippen LogP contribution in [-0.2, 0) is 19.2 Å². The van der Waals surface area contributed by atoms with Gasteiger partial charge in [-0.2, -0.15) is 0 Å². The average molecular weight is 389 g/mol. The van der Waals surface area contributed by atoms with Gasteiger partial charge in [0.05, 0.1) is 0 Å². The Labute approximate surface area is 162 Å². The Bertz CT molecular complexity index is 761. The van der Waals surface area contributed by atoms with Crippen molar-refractivity contribution < 1.29 is 29.0 Å². The molecule has 2 aliphatic rings. The zero-order chi connectivity index (χ0) is 20.3. The average Bonchev–Trinajstić information content (AvgIpc) is 2.68. The molecule has 2 aliphatic heterocycles. The molecule has 1 unspecified atom stereocenters. The third kappa shape index (κ3) is 3.57. The van der Waals surface area contributed by atoms with E-state index in [0.717, 1.165) is 37.8 Å². The van der Waals surface area contributed by atoms with Crippen LogP contribution in [0.4, 0.5) is 0 Å². The fraction of sp³-hybridized carbons (Fsp3) is 0.474. The van der Waals surface area contributed by atoms with Crippen LogP contribution < -0.4 is 10.1 Å². The van der Waals surface area contributed by atoms with Gasteiger partial charge in [-0.25, -0.2) is 4.79 Å². The number of Topliss-reactive ketones (excluding diaryl/α,β-unsaturated/α-hetero) is 1. The Hall–Kier alpha value is -2.94. The Morgan fingerprint density at radius 2 is 1.75 bits per heavy atom. The largest absolute Gasteiger partial charge is 0.476 e. The Morgan fingerprint density at radius 1 is 1.11 bits per heavy atom. The van der Waals surface area contributed by atoms with Crippen LogP contribution in [-0.4, -0.2) is 76.4 Å². The molecule has 0 bridgehead atoms. The molecule has 2 saturated heterocycles. The van der Waals surface area contributed by atoms with E-state index in [4.69, 9.17) is 4.74 Å². The van der Waals surface area contributed by atoms with Crippen LogP contribution in [0.5, 0.6) is 5.75 Å². The lowest BCUT2D eigenvalue weighted by Crippen LogP contribution is -2.71.